The van der Waals surface area contributed by atoms with Crippen LogP contribution in [0.1, 0.15) is 54.4 Å². The SMILES string of the molecule is CCNC(=NCC(C)(C)NC(=O)OC(C)(C)C)NCCCCSC. The van der Waals surface area contributed by atoms with Crippen molar-refractivity contribution in [3.8, 4) is 0 Å². The number of hydrogen-bond donors (Lipinski definition) is 3. The summed E-state index contributed by atoms with van der Waals surface area (Å²) in [5.41, 5.74) is -0.986. The van der Waals surface area contributed by atoms with E-state index in [1.807, 2.05) is 53.3 Å². The summed E-state index contributed by atoms with van der Waals surface area (Å²) in [4.78, 5) is 16.5. The van der Waals surface area contributed by atoms with Gasteiger partial charge in [-0.3, -0.25) is 4.99 Å². The molecule has 0 aromatic rings. The number of rotatable bonds is 9. The molecule has 0 aliphatic carbocycles. The van der Waals surface area contributed by atoms with Gasteiger partial charge in [0.05, 0.1) is 12.1 Å². The lowest BCUT2D eigenvalue weighted by molar-refractivity contribution is 0.0476. The molecule has 0 unspecified atom stereocenters. The molecule has 7 heteroatoms. The lowest BCUT2D eigenvalue weighted by Crippen LogP contribution is -2.49. The molecule has 24 heavy (non-hydrogen) atoms. The van der Waals surface area contributed by atoms with Gasteiger partial charge in [-0.05, 0) is 66.4 Å². The van der Waals surface area contributed by atoms with Crippen LogP contribution in [0.25, 0.3) is 0 Å². The number of carbonyl (C=O) groups excluding carboxylic acids is 1. The van der Waals surface area contributed by atoms with E-state index >= 15 is 0 Å². The predicted molar refractivity (Wildman–Crippen MR) is 105 cm³/mol. The van der Waals surface area contributed by atoms with Gasteiger partial charge in [0.25, 0.3) is 0 Å². The first-order valence-electron chi connectivity index (χ1n) is 8.62. The van der Waals surface area contributed by atoms with Gasteiger partial charge < -0.3 is 20.7 Å². The third kappa shape index (κ3) is 13.3. The number of alkyl carbamates (subject to hydrolysis) is 1. The zero-order chi connectivity index (χ0) is 18.6. The second kappa shape index (κ2) is 11.4. The van der Waals surface area contributed by atoms with Crippen molar-refractivity contribution in [2.24, 2.45) is 4.99 Å². The Labute approximate surface area is 152 Å². The molecule has 0 aliphatic rings. The van der Waals surface area contributed by atoms with Gasteiger partial charge in [0.15, 0.2) is 5.96 Å². The minimum absolute atomic E-state index is 0.419. The summed E-state index contributed by atoms with van der Waals surface area (Å²) in [5, 5.41) is 9.42. The van der Waals surface area contributed by atoms with E-state index in [9.17, 15) is 4.79 Å². The smallest absolute Gasteiger partial charge is 0.408 e. The van der Waals surface area contributed by atoms with Crippen LogP contribution in [-0.4, -0.2) is 54.8 Å². The van der Waals surface area contributed by atoms with Crippen LogP contribution in [0, 0.1) is 0 Å². The first kappa shape index (κ1) is 22.9. The van der Waals surface area contributed by atoms with Crippen LogP contribution in [-0.2, 0) is 4.74 Å². The maximum absolute atomic E-state index is 11.9. The lowest BCUT2D eigenvalue weighted by Gasteiger charge is -2.27. The van der Waals surface area contributed by atoms with Crippen molar-refractivity contribution in [3.05, 3.63) is 0 Å². The van der Waals surface area contributed by atoms with Gasteiger partial charge in [0.2, 0.25) is 0 Å². The first-order valence-corrected chi connectivity index (χ1v) is 10.0. The first-order chi connectivity index (χ1) is 11.1. The van der Waals surface area contributed by atoms with Crippen LogP contribution in [0.2, 0.25) is 0 Å². The monoisotopic (exact) mass is 360 g/mol. The minimum Gasteiger partial charge on any atom is -0.444 e. The number of nitrogens with zero attached hydrogens (tertiary/aromatic N) is 1. The van der Waals surface area contributed by atoms with E-state index in [2.05, 4.69) is 27.2 Å². The van der Waals surface area contributed by atoms with Crippen molar-refractivity contribution in [2.75, 3.05) is 31.6 Å². The van der Waals surface area contributed by atoms with Crippen molar-refractivity contribution in [2.45, 2.75) is 65.5 Å². The molecule has 0 aromatic carbocycles. The summed E-state index contributed by atoms with van der Waals surface area (Å²) in [5.74, 6) is 1.96. The van der Waals surface area contributed by atoms with E-state index in [1.165, 1.54) is 12.2 Å². The third-order valence-corrected chi connectivity index (χ3v) is 3.58. The number of unbranched alkanes of at least 4 members (excludes halogenated alkanes) is 1. The van der Waals surface area contributed by atoms with E-state index in [1.54, 1.807) is 0 Å². The quantitative estimate of drug-likeness (QED) is 0.335. The molecule has 0 heterocycles. The number of guanidine groups is 1. The van der Waals surface area contributed by atoms with Crippen molar-refractivity contribution in [1.29, 1.82) is 0 Å². The molecule has 6 nitrogen and oxygen atoms in total. The van der Waals surface area contributed by atoms with Crippen LogP contribution in [0.15, 0.2) is 4.99 Å². The molecule has 0 radical (unpaired) electrons. The molecular weight excluding hydrogens is 324 g/mol. The highest BCUT2D eigenvalue weighted by molar-refractivity contribution is 7.98. The second-order valence-electron chi connectivity index (χ2n) is 7.33. The van der Waals surface area contributed by atoms with Gasteiger partial charge in [0, 0.05) is 13.1 Å². The van der Waals surface area contributed by atoms with Crippen LogP contribution in [0.3, 0.4) is 0 Å². The number of carbonyl (C=O) groups is 1. The minimum atomic E-state index is -0.503. The highest BCUT2D eigenvalue weighted by Gasteiger charge is 2.24. The summed E-state index contributed by atoms with van der Waals surface area (Å²) < 4.78 is 5.30. The summed E-state index contributed by atoms with van der Waals surface area (Å²) in [7, 11) is 0. The number of thioether (sulfide) groups is 1. The van der Waals surface area contributed by atoms with Crippen molar-refractivity contribution < 1.29 is 9.53 Å². The highest BCUT2D eigenvalue weighted by atomic mass is 32.2. The maximum atomic E-state index is 11.9. The molecule has 3 N–H and O–H groups in total. The Kier molecular flexibility index (Phi) is 10.9. The van der Waals surface area contributed by atoms with Gasteiger partial charge in [-0.15, -0.1) is 0 Å². The molecule has 0 aromatic heterocycles. The Bertz CT molecular complexity index is 393. The fourth-order valence-electron chi connectivity index (χ4n) is 1.82. The van der Waals surface area contributed by atoms with E-state index in [0.29, 0.717) is 6.54 Å². The van der Waals surface area contributed by atoms with Crippen LogP contribution < -0.4 is 16.0 Å². The highest BCUT2D eigenvalue weighted by Crippen LogP contribution is 2.09. The van der Waals surface area contributed by atoms with Gasteiger partial charge in [-0.2, -0.15) is 11.8 Å². The van der Waals surface area contributed by atoms with Gasteiger partial charge >= 0.3 is 6.09 Å². The van der Waals surface area contributed by atoms with E-state index in [-0.39, 0.29) is 0 Å². The molecule has 0 saturated heterocycles. The van der Waals surface area contributed by atoms with E-state index < -0.39 is 17.2 Å². The van der Waals surface area contributed by atoms with E-state index in [0.717, 1.165) is 25.5 Å². The van der Waals surface area contributed by atoms with Crippen molar-refractivity contribution >= 4 is 23.8 Å². The Morgan fingerprint density at radius 2 is 1.79 bits per heavy atom. The number of hydrogen-bond acceptors (Lipinski definition) is 4. The maximum Gasteiger partial charge on any atom is 0.408 e. The van der Waals surface area contributed by atoms with Crippen molar-refractivity contribution in [1.82, 2.24) is 16.0 Å². The zero-order valence-corrected chi connectivity index (χ0v) is 17.2. The molecule has 0 saturated carbocycles. The Hall–Kier alpha value is -1.11. The number of ether oxygens (including phenoxy) is 1. The standard InChI is InChI=1S/C17H36N4O2S/c1-8-18-14(19-11-9-10-12-24-7)20-13-17(5,6)21-15(22)23-16(2,3)4/h8-13H2,1-7H3,(H,21,22)(H2,18,19,20). The number of nitrogens with one attached hydrogen (secondary N) is 3. The number of amides is 1. The Morgan fingerprint density at radius 1 is 1.12 bits per heavy atom. The molecule has 142 valence electrons. The zero-order valence-electron chi connectivity index (χ0n) is 16.4. The molecule has 0 fully saturated rings. The molecule has 1 amide bonds. The largest absolute Gasteiger partial charge is 0.444 e. The molecule has 0 bridgehead atoms. The summed E-state index contributed by atoms with van der Waals surface area (Å²) in [6.45, 7) is 13.6. The molecule has 0 rings (SSSR count). The molecular formula is C17H36N4O2S. The van der Waals surface area contributed by atoms with Crippen LogP contribution in [0.5, 0.6) is 0 Å². The van der Waals surface area contributed by atoms with Crippen molar-refractivity contribution in [3.63, 3.8) is 0 Å². The van der Waals surface area contributed by atoms with E-state index in [4.69, 9.17) is 4.74 Å². The molecule has 0 aliphatic heterocycles. The molecule has 0 spiro atoms. The molecule has 0 atom stereocenters. The van der Waals surface area contributed by atoms with Gasteiger partial charge in [-0.25, -0.2) is 4.79 Å². The summed E-state index contributed by atoms with van der Waals surface area (Å²) in [6, 6.07) is 0. The van der Waals surface area contributed by atoms with Crippen LogP contribution in [0.4, 0.5) is 4.79 Å². The average Bonchev–Trinajstić information content (AvgIpc) is 2.41. The van der Waals surface area contributed by atoms with Gasteiger partial charge in [-0.1, -0.05) is 0 Å². The summed E-state index contributed by atoms with van der Waals surface area (Å²) in [6.07, 6.45) is 4.01. The Balaban J connectivity index is 4.43. The average molecular weight is 361 g/mol. The Morgan fingerprint density at radius 3 is 2.33 bits per heavy atom. The van der Waals surface area contributed by atoms with Crippen LogP contribution >= 0.6 is 11.8 Å². The third-order valence-electron chi connectivity index (χ3n) is 2.88. The topological polar surface area (TPSA) is 74.8 Å². The summed E-state index contributed by atoms with van der Waals surface area (Å²) >= 11 is 1.87. The fraction of sp³-hybridized carbons (Fsp3) is 0.882. The normalized spacial score (nSPS) is 12.7. The second-order valence-corrected chi connectivity index (χ2v) is 8.32. The fourth-order valence-corrected chi connectivity index (χ4v) is 2.31. The predicted octanol–water partition coefficient (Wildman–Crippen LogP) is 2.99. The lowest BCUT2D eigenvalue weighted by atomic mass is 10.1. The number of aliphatic imine (C=N–C) groups is 1. The van der Waals surface area contributed by atoms with Gasteiger partial charge in [0.1, 0.15) is 5.60 Å².